The van der Waals surface area contributed by atoms with Crippen molar-refractivity contribution in [1.29, 1.82) is 0 Å². The molecule has 4 aliphatic heterocycles. The summed E-state index contributed by atoms with van der Waals surface area (Å²) in [6, 6.07) is 23.2. The molecule has 14 nitrogen and oxygen atoms in total. The zero-order valence-corrected chi connectivity index (χ0v) is 57.1. The maximum atomic E-state index is 13.5. The number of anilines is 2. The van der Waals surface area contributed by atoms with Crippen LogP contribution in [0, 0.1) is 35.5 Å². The molecule has 2 spiro atoms. The summed E-state index contributed by atoms with van der Waals surface area (Å²) in [6.45, 7) is 15.7. The third-order valence-electron chi connectivity index (χ3n) is 22.5. The average Bonchev–Trinajstić information content (AvgIpc) is 1.41. The van der Waals surface area contributed by atoms with Gasteiger partial charge in [0.05, 0.1) is 46.3 Å². The Bertz CT molecular complexity index is 3390. The molecule has 0 radical (unpaired) electrons. The lowest BCUT2D eigenvalue weighted by molar-refractivity contribution is -0.0804. The predicted molar refractivity (Wildman–Crippen MR) is 360 cm³/mol. The van der Waals surface area contributed by atoms with Gasteiger partial charge in [-0.15, -0.1) is 0 Å². The van der Waals surface area contributed by atoms with Crippen LogP contribution >= 0.6 is 23.2 Å². The van der Waals surface area contributed by atoms with Crippen molar-refractivity contribution in [3.8, 4) is 11.5 Å². The minimum absolute atomic E-state index is 0.187. The summed E-state index contributed by atoms with van der Waals surface area (Å²) in [5, 5.41) is -0.00163. The fourth-order valence-corrected chi connectivity index (χ4v) is 19.6. The molecular weight excluding hydrogens is 1220 g/mol. The van der Waals surface area contributed by atoms with Crippen molar-refractivity contribution in [1.82, 2.24) is 9.44 Å². The Morgan fingerprint density at radius 1 is 0.578 bits per heavy atom. The Balaban J connectivity index is 0.000000185. The van der Waals surface area contributed by atoms with Crippen molar-refractivity contribution >= 4 is 66.4 Å². The number of carbonyl (C=O) groups is 2. The number of methoxy groups -OCH3 is 2. The molecule has 2 amide bonds. The van der Waals surface area contributed by atoms with Crippen LogP contribution in [0.25, 0.3) is 0 Å². The van der Waals surface area contributed by atoms with Crippen LogP contribution in [0.5, 0.6) is 11.5 Å². The topological polar surface area (TPSA) is 170 Å². The van der Waals surface area contributed by atoms with E-state index in [0.29, 0.717) is 60.9 Å². The lowest BCUT2D eigenvalue weighted by Gasteiger charge is -2.50. The molecule has 488 valence electrons. The molecule has 4 heterocycles. The van der Waals surface area contributed by atoms with Gasteiger partial charge in [-0.25, -0.2) is 26.3 Å². The zero-order valence-electron chi connectivity index (χ0n) is 54.0. The molecule has 4 bridgehead atoms. The van der Waals surface area contributed by atoms with Gasteiger partial charge in [0.2, 0.25) is 20.0 Å². The monoisotopic (exact) mass is 1310 g/mol. The molecule has 90 heavy (non-hydrogen) atoms. The minimum Gasteiger partial charge on any atom is -0.490 e. The summed E-state index contributed by atoms with van der Waals surface area (Å²) >= 11 is 12.9. The van der Waals surface area contributed by atoms with Gasteiger partial charge in [0.25, 0.3) is 11.8 Å². The first kappa shape index (κ1) is 66.4. The number of amides is 2. The largest absolute Gasteiger partial charge is 0.490 e. The first-order chi connectivity index (χ1) is 43.0. The number of nitrogens with zero attached hydrogens (tertiary/aromatic N) is 2. The molecule has 0 unspecified atom stereocenters. The molecule has 2 fully saturated rings. The second kappa shape index (κ2) is 26.7. The maximum absolute atomic E-state index is 13.5. The first-order valence-corrected chi connectivity index (χ1v) is 37.1. The quantitative estimate of drug-likeness (QED) is 0.175. The average molecular weight is 1310 g/mol. The highest BCUT2D eigenvalue weighted by Gasteiger charge is 2.51. The molecule has 12 atom stereocenters. The van der Waals surface area contributed by atoms with Crippen molar-refractivity contribution in [3.05, 3.63) is 141 Å². The molecule has 4 aromatic carbocycles. The number of carbonyl (C=O) groups excluding carboxylic acids is 2. The SMILES string of the molecule is CCC[C@@]1(OC)/C=C/C[C@H](C)[C@@H](C)S(=O)(=O)NC(=O)c2ccc3c(c2)N(C[C@@H]2CC[C@H]21)C[C@@]1(CCCc2cc(Cl)ccc21)CO3.CCC[C@]1(OC)/C=C/C[C@H](C)[C@@H](C)S(=O)(=O)NC(=O)c2ccc3c(c2)N(C[C@@H]2CC[C@H]21)C[C@@]1(CCCc2cc(Cl)ccc21)CO3. The second-order valence-electron chi connectivity index (χ2n) is 27.9. The Morgan fingerprint density at radius 2 is 0.989 bits per heavy atom. The van der Waals surface area contributed by atoms with E-state index in [1.165, 1.54) is 22.3 Å². The van der Waals surface area contributed by atoms with Gasteiger partial charge < -0.3 is 28.7 Å². The molecule has 4 aliphatic carbocycles. The number of nitrogens with one attached hydrogen (secondary N) is 2. The number of hydrogen-bond donors (Lipinski definition) is 2. The maximum Gasteiger partial charge on any atom is 0.264 e. The molecule has 2 N–H and O–H groups in total. The lowest BCUT2D eigenvalue weighted by atomic mass is 9.62. The molecule has 4 aromatic rings. The molecule has 0 saturated heterocycles. The second-order valence-corrected chi connectivity index (χ2v) is 32.8. The van der Waals surface area contributed by atoms with Crippen LogP contribution in [0.2, 0.25) is 10.0 Å². The van der Waals surface area contributed by atoms with E-state index in [2.05, 4.69) is 81.7 Å². The normalized spacial score (nSPS) is 33.5. The lowest BCUT2D eigenvalue weighted by Crippen LogP contribution is -2.53. The van der Waals surface area contributed by atoms with Crippen molar-refractivity contribution in [3.63, 3.8) is 0 Å². The summed E-state index contributed by atoms with van der Waals surface area (Å²) < 4.78 is 84.3. The van der Waals surface area contributed by atoms with Crippen molar-refractivity contribution in [2.24, 2.45) is 35.5 Å². The van der Waals surface area contributed by atoms with Crippen molar-refractivity contribution in [2.45, 2.75) is 177 Å². The van der Waals surface area contributed by atoms with Gasteiger partial charge in [-0.1, -0.05) is 100 Å². The van der Waals surface area contributed by atoms with E-state index in [1.54, 1.807) is 26.0 Å². The van der Waals surface area contributed by atoms with Gasteiger partial charge in [0.1, 0.15) is 11.5 Å². The zero-order chi connectivity index (χ0) is 64.0. The fraction of sp³-hybridized carbons (Fsp3) is 0.583. The number of rotatable bonds is 6. The van der Waals surface area contributed by atoms with Crippen LogP contribution in [0.4, 0.5) is 11.4 Å². The van der Waals surface area contributed by atoms with Crippen molar-refractivity contribution < 1.29 is 45.4 Å². The molecule has 18 heteroatoms. The van der Waals surface area contributed by atoms with Gasteiger partial charge >= 0.3 is 0 Å². The number of fused-ring (bicyclic) bond motifs is 8. The Morgan fingerprint density at radius 3 is 1.36 bits per heavy atom. The van der Waals surface area contributed by atoms with Crippen LogP contribution in [0.15, 0.2) is 97.1 Å². The van der Waals surface area contributed by atoms with Crippen LogP contribution < -0.4 is 28.7 Å². The van der Waals surface area contributed by atoms with E-state index in [9.17, 15) is 26.4 Å². The van der Waals surface area contributed by atoms with Gasteiger partial charge in [0.15, 0.2) is 0 Å². The van der Waals surface area contributed by atoms with E-state index in [1.807, 2.05) is 64.5 Å². The number of halogens is 2. The summed E-state index contributed by atoms with van der Waals surface area (Å²) in [5.74, 6) is 1.28. The molecule has 8 aliphatic rings. The van der Waals surface area contributed by atoms with E-state index < -0.39 is 53.6 Å². The Kier molecular flexibility index (Phi) is 19.7. The highest BCUT2D eigenvalue weighted by molar-refractivity contribution is 7.91. The van der Waals surface area contributed by atoms with E-state index in [0.717, 1.165) is 149 Å². The molecule has 0 aromatic heterocycles. The fourth-order valence-electron chi connectivity index (χ4n) is 16.7. The predicted octanol–water partition coefficient (Wildman–Crippen LogP) is 14.1. The summed E-state index contributed by atoms with van der Waals surface area (Å²) in [6.07, 6.45) is 24.0. The number of sulfonamides is 2. The minimum atomic E-state index is -3.91. The van der Waals surface area contributed by atoms with Gasteiger partial charge in [-0.3, -0.25) is 9.59 Å². The van der Waals surface area contributed by atoms with Gasteiger partial charge in [-0.2, -0.15) is 0 Å². The Hall–Kier alpha value is -5.10. The van der Waals surface area contributed by atoms with E-state index in [-0.39, 0.29) is 22.7 Å². The molecular formula is C72H94Cl2N4O10S2. The van der Waals surface area contributed by atoms with Crippen LogP contribution in [-0.4, -0.2) is 104 Å². The van der Waals surface area contributed by atoms with E-state index in [4.69, 9.17) is 42.1 Å². The van der Waals surface area contributed by atoms with Crippen LogP contribution in [0.1, 0.15) is 174 Å². The Labute approximate surface area is 545 Å². The third-order valence-corrected chi connectivity index (χ3v) is 26.8. The standard InChI is InChI=1S/2C36H47ClN2O5S/c2*1-5-16-36(43-4)18-6-8-24(2)25(3)45(41,42)38-34(40)27-11-15-33-32(20-27)39(21-28-10-13-31(28)36)22-35(23-44-33)17-7-9-26-19-29(37)12-14-30(26)35/h2*6,11-12,14-15,18-20,24-25,28,31H,5,7-10,13,16-17,21-23H2,1-4H3,(H,38,40)/b2*18-6+/t24-,25+,28-,31+,35-,36+;24-,25+,28-,31+,35-,36-/m00/s1. The van der Waals surface area contributed by atoms with Crippen LogP contribution in [-0.2, 0) is 53.2 Å². The highest BCUT2D eigenvalue weighted by Crippen LogP contribution is 2.53. The molecule has 2 saturated carbocycles. The van der Waals surface area contributed by atoms with Crippen LogP contribution in [0.3, 0.4) is 0 Å². The smallest absolute Gasteiger partial charge is 0.264 e. The molecule has 12 rings (SSSR count). The number of aryl methyl sites for hydroxylation is 2. The summed E-state index contributed by atoms with van der Waals surface area (Å²) in [5.41, 5.74) is 6.13. The summed E-state index contributed by atoms with van der Waals surface area (Å²) in [7, 11) is -4.18. The van der Waals surface area contributed by atoms with E-state index >= 15 is 0 Å². The first-order valence-electron chi connectivity index (χ1n) is 33.2. The number of hydrogen-bond acceptors (Lipinski definition) is 12. The number of ether oxygens (including phenoxy) is 4. The van der Waals surface area contributed by atoms with Crippen molar-refractivity contribution in [2.75, 3.05) is 63.4 Å². The number of benzene rings is 4. The van der Waals surface area contributed by atoms with Gasteiger partial charge in [0, 0.05) is 72.4 Å². The van der Waals surface area contributed by atoms with Gasteiger partial charge in [-0.05, 0) is 222 Å². The highest BCUT2D eigenvalue weighted by atomic mass is 35.5. The summed E-state index contributed by atoms with van der Waals surface area (Å²) in [4.78, 5) is 31.8. The number of allylic oxidation sites excluding steroid dienone is 2. The third kappa shape index (κ3) is 13.0.